The van der Waals surface area contributed by atoms with Crippen LogP contribution in [0.15, 0.2) is 24.3 Å². The highest BCUT2D eigenvalue weighted by Crippen LogP contribution is 2.16. The number of rotatable bonds is 2. The van der Waals surface area contributed by atoms with Crippen LogP contribution in [-0.4, -0.2) is 5.24 Å². The molecule has 4 heteroatoms. The van der Waals surface area contributed by atoms with Crippen LogP contribution < -0.4 is 0 Å². The predicted molar refractivity (Wildman–Crippen MR) is 51.3 cm³/mol. The molecule has 0 radical (unpaired) electrons. The van der Waals surface area contributed by atoms with Gasteiger partial charge in [-0.3, -0.25) is 4.79 Å². The Labute approximate surface area is 84.8 Å². The molecule has 1 aromatic rings. The highest BCUT2D eigenvalue weighted by Gasteiger charge is 1.98. The summed E-state index contributed by atoms with van der Waals surface area (Å²) in [6.45, 7) is 0. The highest BCUT2D eigenvalue weighted by molar-refractivity contribution is 6.66. The van der Waals surface area contributed by atoms with Crippen LogP contribution in [0.3, 0.4) is 0 Å². The third kappa shape index (κ3) is 3.17. The normalized spacial score (nSPS) is 10.7. The van der Waals surface area contributed by atoms with Crippen molar-refractivity contribution < 1.29 is 9.18 Å². The van der Waals surface area contributed by atoms with Crippen molar-refractivity contribution in [2.75, 3.05) is 0 Å². The summed E-state index contributed by atoms with van der Waals surface area (Å²) in [7, 11) is 0. The second-order valence-electron chi connectivity index (χ2n) is 2.31. The monoisotopic (exact) mass is 218 g/mol. The topological polar surface area (TPSA) is 17.1 Å². The van der Waals surface area contributed by atoms with E-state index in [9.17, 15) is 9.18 Å². The van der Waals surface area contributed by atoms with Gasteiger partial charge in [-0.2, -0.15) is 0 Å². The van der Waals surface area contributed by atoms with Crippen LogP contribution >= 0.6 is 23.2 Å². The molecule has 0 heterocycles. The third-order valence-electron chi connectivity index (χ3n) is 1.35. The number of carbonyl (C=O) groups excluding carboxylic acids is 1. The largest absolute Gasteiger partial charge is 0.276 e. The summed E-state index contributed by atoms with van der Waals surface area (Å²) in [5, 5.41) is -0.565. The van der Waals surface area contributed by atoms with E-state index in [2.05, 4.69) is 0 Å². The summed E-state index contributed by atoms with van der Waals surface area (Å²) in [6, 6.07) is 4.13. The smallest absolute Gasteiger partial charge is 0.245 e. The van der Waals surface area contributed by atoms with E-state index in [0.29, 0.717) is 5.56 Å². The number of hydrogen-bond donors (Lipinski definition) is 0. The molecule has 0 fully saturated rings. The summed E-state index contributed by atoms with van der Waals surface area (Å²) < 4.78 is 12.6. The summed E-state index contributed by atoms with van der Waals surface area (Å²) in [6.07, 6.45) is 2.63. The minimum Gasteiger partial charge on any atom is -0.276 e. The van der Waals surface area contributed by atoms with Crippen molar-refractivity contribution in [1.29, 1.82) is 0 Å². The minimum atomic E-state index is -0.583. The van der Waals surface area contributed by atoms with Crippen molar-refractivity contribution in [3.8, 4) is 0 Å². The van der Waals surface area contributed by atoms with Crippen molar-refractivity contribution in [3.63, 3.8) is 0 Å². The molecule has 0 saturated heterocycles. The average Bonchev–Trinajstić information content (AvgIpc) is 2.07. The summed E-state index contributed by atoms with van der Waals surface area (Å²) in [5.74, 6) is -0.490. The number of halogens is 3. The van der Waals surface area contributed by atoms with Gasteiger partial charge < -0.3 is 0 Å². The first-order chi connectivity index (χ1) is 6.09. The maximum atomic E-state index is 12.6. The van der Waals surface area contributed by atoms with Gasteiger partial charge in [-0.25, -0.2) is 4.39 Å². The molecule has 0 aliphatic heterocycles. The number of allylic oxidation sites excluding steroid dienone is 1. The molecular weight excluding hydrogens is 214 g/mol. The second-order valence-corrected chi connectivity index (χ2v) is 3.09. The molecule has 0 aliphatic rings. The fraction of sp³-hybridized carbons (Fsp3) is 0. The first kappa shape index (κ1) is 10.2. The van der Waals surface area contributed by atoms with Gasteiger partial charge in [-0.05, 0) is 35.4 Å². The van der Waals surface area contributed by atoms with Crippen molar-refractivity contribution in [3.05, 3.63) is 40.7 Å². The summed E-state index contributed by atoms with van der Waals surface area (Å²) in [4.78, 5) is 10.3. The molecule has 1 nitrogen and oxygen atoms in total. The third-order valence-corrected chi connectivity index (χ3v) is 1.77. The molecule has 1 rings (SSSR count). The van der Waals surface area contributed by atoms with E-state index in [1.54, 1.807) is 0 Å². The molecule has 0 atom stereocenters. The van der Waals surface area contributed by atoms with Crippen LogP contribution in [0.5, 0.6) is 0 Å². The Hall–Kier alpha value is -0.860. The van der Waals surface area contributed by atoms with Crippen LogP contribution in [0.2, 0.25) is 5.02 Å². The molecule has 0 unspecified atom stereocenters. The lowest BCUT2D eigenvalue weighted by Crippen LogP contribution is -1.80. The second kappa shape index (κ2) is 4.40. The Morgan fingerprint density at radius 1 is 1.46 bits per heavy atom. The Balaban J connectivity index is 2.92. The number of hydrogen-bond acceptors (Lipinski definition) is 1. The minimum absolute atomic E-state index is 0.0178. The van der Waals surface area contributed by atoms with E-state index in [-0.39, 0.29) is 5.02 Å². The molecule has 0 saturated carbocycles. The van der Waals surface area contributed by atoms with E-state index in [4.69, 9.17) is 23.2 Å². The molecule has 0 aromatic heterocycles. The molecular formula is C9H5Cl2FO. The van der Waals surface area contributed by atoms with Crippen LogP contribution in [0.1, 0.15) is 5.56 Å². The lowest BCUT2D eigenvalue weighted by Gasteiger charge is -1.95. The van der Waals surface area contributed by atoms with Crippen molar-refractivity contribution in [2.24, 2.45) is 0 Å². The molecule has 68 valence electrons. The average molecular weight is 219 g/mol. The fourth-order valence-corrected chi connectivity index (χ4v) is 1.03. The van der Waals surface area contributed by atoms with Gasteiger partial charge in [0.1, 0.15) is 5.82 Å². The summed E-state index contributed by atoms with van der Waals surface area (Å²) in [5.41, 5.74) is 0.625. The molecule has 1 aromatic carbocycles. The van der Waals surface area contributed by atoms with Gasteiger partial charge in [0.15, 0.2) is 0 Å². The maximum absolute atomic E-state index is 12.6. The summed E-state index contributed by atoms with van der Waals surface area (Å²) >= 11 is 10.6. The van der Waals surface area contributed by atoms with Crippen LogP contribution in [0.25, 0.3) is 6.08 Å². The Kier molecular flexibility index (Phi) is 3.46. The molecule has 0 aliphatic carbocycles. The van der Waals surface area contributed by atoms with E-state index in [0.717, 1.165) is 0 Å². The SMILES string of the molecule is O=C(Cl)/C=C/c1ccc(F)c(Cl)c1. The van der Waals surface area contributed by atoms with E-state index in [1.807, 2.05) is 0 Å². The zero-order chi connectivity index (χ0) is 9.84. The predicted octanol–water partition coefficient (Wildman–Crippen LogP) is 3.26. The fourth-order valence-electron chi connectivity index (χ4n) is 0.778. The Bertz CT molecular complexity index is 361. The van der Waals surface area contributed by atoms with Gasteiger partial charge in [-0.15, -0.1) is 0 Å². The first-order valence-corrected chi connectivity index (χ1v) is 4.18. The van der Waals surface area contributed by atoms with Gasteiger partial charge in [0.05, 0.1) is 5.02 Å². The molecule has 0 spiro atoms. The lowest BCUT2D eigenvalue weighted by atomic mass is 10.2. The van der Waals surface area contributed by atoms with Gasteiger partial charge in [0.25, 0.3) is 0 Å². The lowest BCUT2D eigenvalue weighted by molar-refractivity contribution is -0.107. The Morgan fingerprint density at radius 2 is 2.15 bits per heavy atom. The Morgan fingerprint density at radius 3 is 2.69 bits per heavy atom. The van der Waals surface area contributed by atoms with Gasteiger partial charge >= 0.3 is 0 Å². The van der Waals surface area contributed by atoms with Gasteiger partial charge in [0, 0.05) is 0 Å². The standard InChI is InChI=1S/C9H5Cl2FO/c10-7-5-6(1-3-8(7)12)2-4-9(11)13/h1-5H/b4-2+. The molecule has 0 amide bonds. The van der Waals surface area contributed by atoms with Crippen molar-refractivity contribution in [2.45, 2.75) is 0 Å². The zero-order valence-corrected chi connectivity index (χ0v) is 7.94. The van der Waals surface area contributed by atoms with Gasteiger partial charge in [0.2, 0.25) is 5.24 Å². The van der Waals surface area contributed by atoms with Crippen LogP contribution in [-0.2, 0) is 4.79 Å². The molecule has 13 heavy (non-hydrogen) atoms. The van der Waals surface area contributed by atoms with Crippen molar-refractivity contribution >= 4 is 34.5 Å². The van der Waals surface area contributed by atoms with Crippen LogP contribution in [0.4, 0.5) is 4.39 Å². The number of benzene rings is 1. The number of carbonyl (C=O) groups is 1. The van der Waals surface area contributed by atoms with Crippen LogP contribution in [0, 0.1) is 5.82 Å². The quantitative estimate of drug-likeness (QED) is 0.551. The van der Waals surface area contributed by atoms with Crippen molar-refractivity contribution in [1.82, 2.24) is 0 Å². The highest BCUT2D eigenvalue weighted by atomic mass is 35.5. The van der Waals surface area contributed by atoms with E-state index < -0.39 is 11.1 Å². The molecule has 0 N–H and O–H groups in total. The zero-order valence-electron chi connectivity index (χ0n) is 6.43. The van der Waals surface area contributed by atoms with E-state index in [1.165, 1.54) is 30.4 Å². The maximum Gasteiger partial charge on any atom is 0.245 e. The first-order valence-electron chi connectivity index (χ1n) is 3.42. The van der Waals surface area contributed by atoms with E-state index >= 15 is 0 Å². The van der Waals surface area contributed by atoms with Gasteiger partial charge in [-0.1, -0.05) is 23.7 Å². The molecule has 0 bridgehead atoms.